The van der Waals surface area contributed by atoms with Gasteiger partial charge in [0.15, 0.2) is 0 Å². The highest BCUT2D eigenvalue weighted by Gasteiger charge is 2.34. The number of carbonyl (C=O) groups excluding carboxylic acids is 2. The zero-order valence-electron chi connectivity index (χ0n) is 16.3. The fourth-order valence-electron chi connectivity index (χ4n) is 3.64. The zero-order chi connectivity index (χ0) is 20.9. The Hall–Kier alpha value is -3.80. The van der Waals surface area contributed by atoms with Crippen molar-refractivity contribution in [2.45, 2.75) is 12.6 Å². The summed E-state index contributed by atoms with van der Waals surface area (Å²) in [6, 6.07) is 24.5. The van der Waals surface area contributed by atoms with E-state index in [0.29, 0.717) is 29.8 Å². The van der Waals surface area contributed by atoms with Crippen LogP contribution in [-0.2, 0) is 11.2 Å². The van der Waals surface area contributed by atoms with Gasteiger partial charge in [0.1, 0.15) is 18.5 Å². The third kappa shape index (κ3) is 4.12. The third-order valence-electron chi connectivity index (χ3n) is 5.07. The second-order valence-corrected chi connectivity index (χ2v) is 7.03. The first kappa shape index (κ1) is 19.5. The van der Waals surface area contributed by atoms with Crippen molar-refractivity contribution in [2.24, 2.45) is 0 Å². The van der Waals surface area contributed by atoms with Gasteiger partial charge >= 0.3 is 0 Å². The van der Waals surface area contributed by atoms with Crippen LogP contribution in [0, 0.1) is 0 Å². The van der Waals surface area contributed by atoms with Crippen LogP contribution in [0.5, 0.6) is 5.75 Å². The minimum atomic E-state index is -1.30. The van der Waals surface area contributed by atoms with Gasteiger partial charge in [-0.3, -0.25) is 4.79 Å². The molecule has 0 saturated carbocycles. The van der Waals surface area contributed by atoms with Crippen LogP contribution in [0.1, 0.15) is 27.7 Å². The molecule has 1 atom stereocenters. The van der Waals surface area contributed by atoms with Gasteiger partial charge in [-0.2, -0.15) is 0 Å². The first-order valence-corrected chi connectivity index (χ1v) is 9.75. The molecule has 30 heavy (non-hydrogen) atoms. The number of carboxylic acids is 1. The molecule has 1 aliphatic heterocycles. The normalized spacial score (nSPS) is 15.3. The predicted octanol–water partition coefficient (Wildman–Crippen LogP) is 2.62. The summed E-state index contributed by atoms with van der Waals surface area (Å²) in [6.45, 7) is -0.0675. The summed E-state index contributed by atoms with van der Waals surface area (Å²) in [5.74, 6) is -0.986. The maximum Gasteiger partial charge on any atom is 0.257 e. The van der Waals surface area contributed by atoms with Crippen molar-refractivity contribution >= 4 is 17.6 Å². The van der Waals surface area contributed by atoms with E-state index in [0.717, 1.165) is 11.3 Å². The first-order chi connectivity index (χ1) is 14.6. The van der Waals surface area contributed by atoms with E-state index in [2.05, 4.69) is 5.32 Å². The number of fused-ring (bicyclic) bond motifs is 1. The van der Waals surface area contributed by atoms with E-state index in [1.165, 1.54) is 0 Å². The number of benzene rings is 3. The summed E-state index contributed by atoms with van der Waals surface area (Å²) in [6.07, 6.45) is 0.198. The Labute approximate surface area is 174 Å². The lowest BCUT2D eigenvalue weighted by Gasteiger charge is -2.38. The third-order valence-corrected chi connectivity index (χ3v) is 5.07. The molecule has 1 amide bonds. The van der Waals surface area contributed by atoms with E-state index in [1.807, 2.05) is 60.7 Å². The van der Waals surface area contributed by atoms with E-state index in [4.69, 9.17) is 4.74 Å². The number of nitrogens with one attached hydrogen (secondary N) is 1. The summed E-state index contributed by atoms with van der Waals surface area (Å²) in [4.78, 5) is 26.0. The van der Waals surface area contributed by atoms with Crippen LogP contribution in [-0.4, -0.2) is 29.9 Å². The van der Waals surface area contributed by atoms with Gasteiger partial charge in [-0.05, 0) is 30.2 Å². The van der Waals surface area contributed by atoms with Crippen LogP contribution in [0.3, 0.4) is 0 Å². The number of aliphatic carboxylic acids is 1. The number of hydrogen-bond acceptors (Lipinski definition) is 5. The molecule has 0 unspecified atom stereocenters. The maximum absolute atomic E-state index is 13.3. The molecule has 0 spiro atoms. The lowest BCUT2D eigenvalue weighted by molar-refractivity contribution is -0.307. The number of carboxylic acid groups (broad SMARTS) is 1. The minimum absolute atomic E-state index is 0.0833. The molecular weight excluding hydrogens is 380 g/mol. The minimum Gasteiger partial charge on any atom is -0.546 e. The highest BCUT2D eigenvalue weighted by atomic mass is 16.5. The van der Waals surface area contributed by atoms with Crippen molar-refractivity contribution in [1.82, 2.24) is 4.90 Å². The standard InChI is InChI=1S/C24H22N2O4/c27-22(28)16-30-21-13-7-5-11-19(21)23-25-20-12-6-4-10-18(20)24(29)26(23)15-14-17-8-2-1-3-9-17/h1-13,23,25H,14-16H2,(H,27,28)/p-1/t23-/m0/s1. The van der Waals surface area contributed by atoms with Gasteiger partial charge in [0.25, 0.3) is 5.91 Å². The van der Waals surface area contributed by atoms with Crippen molar-refractivity contribution in [3.63, 3.8) is 0 Å². The van der Waals surface area contributed by atoms with E-state index >= 15 is 0 Å². The van der Waals surface area contributed by atoms with Crippen LogP contribution in [0.2, 0.25) is 0 Å². The highest BCUT2D eigenvalue weighted by Crippen LogP contribution is 2.36. The Morgan fingerprint density at radius 2 is 1.67 bits per heavy atom. The van der Waals surface area contributed by atoms with E-state index in [1.54, 1.807) is 23.1 Å². The molecule has 0 saturated heterocycles. The van der Waals surface area contributed by atoms with Gasteiger partial charge in [0, 0.05) is 17.8 Å². The van der Waals surface area contributed by atoms with Crippen molar-refractivity contribution in [1.29, 1.82) is 0 Å². The number of amides is 1. The van der Waals surface area contributed by atoms with Crippen LogP contribution in [0.25, 0.3) is 0 Å². The van der Waals surface area contributed by atoms with Gasteiger partial charge in [-0.15, -0.1) is 0 Å². The highest BCUT2D eigenvalue weighted by molar-refractivity contribution is 6.01. The fraction of sp³-hybridized carbons (Fsp3) is 0.167. The molecule has 1 aliphatic rings. The van der Waals surface area contributed by atoms with Gasteiger partial charge in [-0.1, -0.05) is 60.7 Å². The average Bonchev–Trinajstić information content (AvgIpc) is 2.78. The summed E-state index contributed by atoms with van der Waals surface area (Å²) in [5.41, 5.74) is 3.16. The molecule has 6 nitrogen and oxygen atoms in total. The summed E-state index contributed by atoms with van der Waals surface area (Å²) >= 11 is 0. The largest absolute Gasteiger partial charge is 0.546 e. The van der Waals surface area contributed by atoms with Crippen molar-refractivity contribution < 1.29 is 19.4 Å². The topological polar surface area (TPSA) is 81.7 Å². The Morgan fingerprint density at radius 3 is 2.47 bits per heavy atom. The van der Waals surface area contributed by atoms with E-state index in [-0.39, 0.29) is 5.91 Å². The van der Waals surface area contributed by atoms with Crippen LogP contribution in [0.4, 0.5) is 5.69 Å². The second-order valence-electron chi connectivity index (χ2n) is 7.03. The molecule has 0 aromatic heterocycles. The molecule has 0 bridgehead atoms. The average molecular weight is 401 g/mol. The summed E-state index contributed by atoms with van der Waals surface area (Å²) < 4.78 is 5.45. The smallest absolute Gasteiger partial charge is 0.257 e. The van der Waals surface area contributed by atoms with Crippen molar-refractivity contribution in [3.8, 4) is 5.75 Å². The molecule has 0 radical (unpaired) electrons. The molecule has 6 heteroatoms. The number of anilines is 1. The molecule has 1 heterocycles. The van der Waals surface area contributed by atoms with Crippen LogP contribution in [0.15, 0.2) is 78.9 Å². The van der Waals surface area contributed by atoms with Gasteiger partial charge < -0.3 is 24.9 Å². The maximum atomic E-state index is 13.3. The lowest BCUT2D eigenvalue weighted by atomic mass is 10.0. The summed E-state index contributed by atoms with van der Waals surface area (Å²) in [5, 5.41) is 14.3. The number of ether oxygens (including phenoxy) is 1. The van der Waals surface area contributed by atoms with Crippen molar-refractivity contribution in [3.05, 3.63) is 95.6 Å². The molecule has 0 aliphatic carbocycles. The molecule has 152 valence electrons. The van der Waals surface area contributed by atoms with E-state index < -0.39 is 18.7 Å². The summed E-state index contributed by atoms with van der Waals surface area (Å²) in [7, 11) is 0. The number of rotatable bonds is 7. The monoisotopic (exact) mass is 401 g/mol. The molecule has 1 N–H and O–H groups in total. The Balaban J connectivity index is 1.68. The predicted molar refractivity (Wildman–Crippen MR) is 111 cm³/mol. The number of carbonyl (C=O) groups is 2. The Bertz CT molecular complexity index is 1050. The molecule has 3 aromatic carbocycles. The molecular formula is C24H21N2O4-. The Kier molecular flexibility index (Phi) is 5.66. The molecule has 4 rings (SSSR count). The Morgan fingerprint density at radius 1 is 0.967 bits per heavy atom. The zero-order valence-corrected chi connectivity index (χ0v) is 16.3. The molecule has 3 aromatic rings. The number of hydrogen-bond donors (Lipinski definition) is 1. The van der Waals surface area contributed by atoms with Gasteiger partial charge in [-0.25, -0.2) is 0 Å². The van der Waals surface area contributed by atoms with Crippen LogP contribution < -0.4 is 15.2 Å². The number of para-hydroxylation sites is 2. The lowest BCUT2D eigenvalue weighted by Crippen LogP contribution is -2.44. The molecule has 0 fully saturated rings. The van der Waals surface area contributed by atoms with E-state index in [9.17, 15) is 14.7 Å². The fourth-order valence-corrected chi connectivity index (χ4v) is 3.64. The van der Waals surface area contributed by atoms with Gasteiger partial charge in [0.05, 0.1) is 11.5 Å². The SMILES string of the molecule is O=C([O-])COc1ccccc1[C@H]1Nc2ccccc2C(=O)N1CCc1ccccc1. The van der Waals surface area contributed by atoms with Crippen molar-refractivity contribution in [2.75, 3.05) is 18.5 Å². The number of nitrogens with zero attached hydrogens (tertiary/aromatic N) is 1. The first-order valence-electron chi connectivity index (χ1n) is 9.75. The van der Waals surface area contributed by atoms with Gasteiger partial charge in [0.2, 0.25) is 0 Å². The second kappa shape index (κ2) is 8.69. The quantitative estimate of drug-likeness (QED) is 0.658. The van der Waals surface area contributed by atoms with Crippen LogP contribution >= 0.6 is 0 Å².